The third-order valence-electron chi connectivity index (χ3n) is 28.6. The number of aryl methyl sites for hydroxylation is 2. The van der Waals surface area contributed by atoms with Crippen molar-refractivity contribution in [2.24, 2.45) is 16.8 Å². The van der Waals surface area contributed by atoms with E-state index in [0.29, 0.717) is 29.8 Å². The van der Waals surface area contributed by atoms with E-state index >= 15 is 0 Å². The number of fused-ring (bicyclic) bond motifs is 13. The molecule has 0 fully saturated rings. The molecular weight excluding hydrogens is 1580 g/mol. The van der Waals surface area contributed by atoms with Crippen molar-refractivity contribution in [3.63, 3.8) is 0 Å². The second-order valence-electron chi connectivity index (χ2n) is 42.0. The molecule has 0 saturated heterocycles. The molecule has 7 aliphatic rings. The van der Waals surface area contributed by atoms with Crippen LogP contribution in [0.25, 0.3) is 32.3 Å². The molecule has 9 nitrogen and oxygen atoms in total. The van der Waals surface area contributed by atoms with Gasteiger partial charge in [-0.1, -0.05) is 249 Å². The highest BCUT2D eigenvalue weighted by Gasteiger charge is 2.48. The van der Waals surface area contributed by atoms with Crippen molar-refractivity contribution in [1.82, 2.24) is 4.58 Å². The molecule has 10 aromatic carbocycles. The fourth-order valence-corrected chi connectivity index (χ4v) is 21.7. The normalized spacial score (nSPS) is 17.4. The second kappa shape index (κ2) is 40.0. The zero-order valence-electron chi connectivity index (χ0n) is 84.0. The van der Waals surface area contributed by atoms with E-state index < -0.39 is 0 Å². The molecule has 9 heteroatoms. The van der Waals surface area contributed by atoms with Gasteiger partial charge in [-0.25, -0.2) is 9.57 Å². The maximum atomic E-state index is 6.54. The second-order valence-corrected chi connectivity index (χ2v) is 42.0. The summed E-state index contributed by atoms with van der Waals surface area (Å²) in [6.45, 7) is 61.9. The van der Waals surface area contributed by atoms with Crippen LogP contribution in [0.3, 0.4) is 0 Å². The van der Waals surface area contributed by atoms with Gasteiger partial charge in [0, 0.05) is 150 Å². The van der Waals surface area contributed by atoms with E-state index in [-0.39, 0.29) is 21.7 Å². The van der Waals surface area contributed by atoms with Crippen molar-refractivity contribution < 1.29 is 13.9 Å². The number of benzene rings is 10. The van der Waals surface area contributed by atoms with Crippen LogP contribution in [-0.2, 0) is 34.5 Å². The summed E-state index contributed by atoms with van der Waals surface area (Å²) in [5.74, 6) is 5.02. The number of anilines is 4. The maximum absolute atomic E-state index is 6.54. The maximum Gasteiger partial charge on any atom is 0.210 e. The Morgan fingerprint density at radius 2 is 1.08 bits per heavy atom. The van der Waals surface area contributed by atoms with Crippen molar-refractivity contribution in [3.8, 4) is 11.5 Å². The minimum Gasteiger partial charge on any atom is -0.452 e. The summed E-state index contributed by atoms with van der Waals surface area (Å²) in [6.07, 6.45) is 36.5. The van der Waals surface area contributed by atoms with E-state index in [9.17, 15) is 0 Å². The lowest BCUT2D eigenvalue weighted by Gasteiger charge is -2.32. The number of rotatable bonds is 23. The van der Waals surface area contributed by atoms with Gasteiger partial charge in [0.2, 0.25) is 16.7 Å². The fraction of sp³-hybridized carbons (Fsp3) is 0.421. The van der Waals surface area contributed by atoms with Gasteiger partial charge < -0.3 is 24.3 Å². The molecule has 0 aliphatic carbocycles. The molecule has 10 aromatic rings. The van der Waals surface area contributed by atoms with Crippen LogP contribution in [0.1, 0.15) is 273 Å². The molecule has 7 heterocycles. The molecular formula is C121H153N8O+3. The Hall–Kier alpha value is -10.9. The van der Waals surface area contributed by atoms with Gasteiger partial charge in [0.15, 0.2) is 29.0 Å². The first kappa shape index (κ1) is 95.2. The first-order chi connectivity index (χ1) is 62.1. The lowest BCUT2D eigenvalue weighted by atomic mass is 9.79. The van der Waals surface area contributed by atoms with Crippen LogP contribution in [0, 0.1) is 11.8 Å². The van der Waals surface area contributed by atoms with Crippen molar-refractivity contribution in [1.29, 1.82) is 0 Å². The molecule has 0 radical (unpaired) electrons. The summed E-state index contributed by atoms with van der Waals surface area (Å²) in [5, 5.41) is 10.4. The lowest BCUT2D eigenvalue weighted by molar-refractivity contribution is -0.472. The third-order valence-corrected chi connectivity index (χ3v) is 28.6. The van der Waals surface area contributed by atoms with E-state index in [2.05, 4.69) is 456 Å². The SMILES string of the molecule is CC(C)CCCN1CCCc2cc3c(cc21)Oc1cc2c(cc1=N3)CCC[N+]=2CCCC(C)C.CC(C)N1/C(=C/C=C/C=C/C=C/C2=[N+](C(C)C)c3ccc4ccccc4c3C2(C)C)C(C)(C)c2c1ccc1ccccc21.CC(C)c1cccc2c(N(C)C)cccc12.CCN1/C(=C/C=C/C=C/C2=[N+](CC)c3ccc(C(C)C)cc3C2(C)C)C(C)(C)c2cc(C(C)C)ccc21. The standard InChI is InChI=1S/C41H45N2.C35H47N2.C30H42N3O.C15H19N/c1-28(2)42-34-26-24-30-18-14-16-20-32(30)38(34)40(5,6)36(42)22-12-10-9-11-13-23-37-41(7,8)39-33-21-17-15-19-31(33)25-27-35(39)43(37)29(3)4;1-11-36-30-20-18-26(24(3)4)22-28(30)34(7,8)32(36)16-14-13-15-17-33-35(9,10)29-23-27(25(5)6)19-21-31(29)37(33)12-2;1-21(2)9-5-13-32-15-7-11-23-17-25-29(19-27(23)32)34-30-20-28-24(18-26(30)31-25)12-8-16-33(28)14-6-10-22(3)4;1-11(2)12-7-5-9-14-13(12)8-6-10-15(14)16(3)4/h9-29H,1-8H3;13-25H,11-12H2,1-10H3;17-22H,5-16H2,1-4H3;5-11H,1-4H3/q3*+1;. The highest BCUT2D eigenvalue weighted by molar-refractivity contribution is 6.08. The Morgan fingerprint density at radius 1 is 0.485 bits per heavy atom. The summed E-state index contributed by atoms with van der Waals surface area (Å²) in [4.78, 5) is 14.8. The van der Waals surface area contributed by atoms with Crippen LogP contribution in [0.5, 0.6) is 11.5 Å². The fourth-order valence-electron chi connectivity index (χ4n) is 21.7. The van der Waals surface area contributed by atoms with Crippen molar-refractivity contribution in [3.05, 3.63) is 315 Å². The summed E-state index contributed by atoms with van der Waals surface area (Å²) >= 11 is 0. The Balaban J connectivity index is 0.000000146. The van der Waals surface area contributed by atoms with E-state index in [1.807, 2.05) is 0 Å². The van der Waals surface area contributed by atoms with Gasteiger partial charge in [-0.2, -0.15) is 9.15 Å². The molecule has 0 aromatic heterocycles. The smallest absolute Gasteiger partial charge is 0.210 e. The predicted molar refractivity (Wildman–Crippen MR) is 563 cm³/mol. The van der Waals surface area contributed by atoms with Crippen molar-refractivity contribution >= 4 is 83.6 Å². The number of likely N-dealkylation sites (N-methyl/N-ethyl adjacent to an activating group) is 1. The largest absolute Gasteiger partial charge is 0.452 e. The summed E-state index contributed by atoms with van der Waals surface area (Å²) < 4.78 is 14.1. The monoisotopic (exact) mass is 1730 g/mol. The molecule has 0 N–H and O–H groups in total. The van der Waals surface area contributed by atoms with Crippen LogP contribution in [0.2, 0.25) is 0 Å². The van der Waals surface area contributed by atoms with Crippen molar-refractivity contribution in [2.45, 2.75) is 269 Å². The summed E-state index contributed by atoms with van der Waals surface area (Å²) in [7, 11) is 4.19. The Morgan fingerprint density at radius 3 is 1.74 bits per heavy atom. The molecule has 0 unspecified atom stereocenters. The summed E-state index contributed by atoms with van der Waals surface area (Å²) in [5.41, 5.74) is 27.1. The average molecular weight is 1740 g/mol. The number of nitrogens with zero attached hydrogens (tertiary/aromatic N) is 8. The van der Waals surface area contributed by atoms with E-state index in [0.717, 1.165) is 86.5 Å². The highest BCUT2D eigenvalue weighted by atomic mass is 16.5. The minimum absolute atomic E-state index is 0.0126. The number of hydrogen-bond acceptors (Lipinski definition) is 6. The third kappa shape index (κ3) is 19.4. The van der Waals surface area contributed by atoms with Crippen molar-refractivity contribution in [2.75, 3.05) is 73.0 Å². The Kier molecular flexibility index (Phi) is 29.3. The van der Waals surface area contributed by atoms with Gasteiger partial charge in [0.25, 0.3) is 0 Å². The molecule has 680 valence electrons. The van der Waals surface area contributed by atoms with E-state index in [1.165, 1.54) is 183 Å². The lowest BCUT2D eigenvalue weighted by Crippen LogP contribution is -2.39. The molecule has 0 amide bonds. The molecule has 0 bridgehead atoms. The number of hydrogen-bond donors (Lipinski definition) is 0. The van der Waals surface area contributed by atoms with Crippen LogP contribution in [-0.4, -0.2) is 86.0 Å². The molecule has 0 atom stereocenters. The number of allylic oxidation sites excluding steroid dienone is 14. The van der Waals surface area contributed by atoms with Crippen LogP contribution in [0.15, 0.2) is 259 Å². The molecule has 7 aliphatic heterocycles. The average Bonchev–Trinajstić information content (AvgIpc) is 1.53. The summed E-state index contributed by atoms with van der Waals surface area (Å²) in [6, 6.07) is 63.8. The van der Waals surface area contributed by atoms with E-state index in [1.54, 1.807) is 0 Å². The van der Waals surface area contributed by atoms with Gasteiger partial charge in [-0.05, 0) is 252 Å². The van der Waals surface area contributed by atoms with Gasteiger partial charge in [0.1, 0.15) is 30.7 Å². The molecule has 17 rings (SSSR count). The molecule has 0 spiro atoms. The van der Waals surface area contributed by atoms with Gasteiger partial charge in [-0.15, -0.1) is 0 Å². The first-order valence-electron chi connectivity index (χ1n) is 49.5. The number of ether oxygens (including phenoxy) is 1. The van der Waals surface area contributed by atoms with Crippen LogP contribution in [0.4, 0.5) is 39.8 Å². The van der Waals surface area contributed by atoms with Gasteiger partial charge in [0.05, 0.1) is 16.9 Å². The van der Waals surface area contributed by atoms with Gasteiger partial charge in [-0.3, -0.25) is 0 Å². The zero-order valence-corrected chi connectivity index (χ0v) is 84.0. The Bertz CT molecular complexity index is 6230. The Labute approximate surface area is 782 Å². The molecule has 0 saturated carbocycles. The molecule has 130 heavy (non-hydrogen) atoms. The van der Waals surface area contributed by atoms with Crippen LogP contribution < -0.4 is 39.6 Å². The van der Waals surface area contributed by atoms with E-state index in [4.69, 9.17) is 9.73 Å². The van der Waals surface area contributed by atoms with Gasteiger partial charge >= 0.3 is 0 Å². The topological polar surface area (TPSA) is 43.6 Å². The first-order valence-corrected chi connectivity index (χ1v) is 49.5. The predicted octanol–water partition coefficient (Wildman–Crippen LogP) is 29.5. The van der Waals surface area contributed by atoms with Crippen LogP contribution >= 0.6 is 0 Å². The highest BCUT2D eigenvalue weighted by Crippen LogP contribution is 2.54. The minimum atomic E-state index is -0.0847. The zero-order chi connectivity index (χ0) is 93.0. The quantitative estimate of drug-likeness (QED) is 0.0472.